The molecule has 94 valence electrons. The Kier molecular flexibility index (Phi) is 4.54. The molecule has 2 aromatic rings. The topological polar surface area (TPSA) is 12.0 Å². The van der Waals surface area contributed by atoms with E-state index in [0.29, 0.717) is 6.04 Å². The van der Waals surface area contributed by atoms with Gasteiger partial charge in [0.2, 0.25) is 0 Å². The fourth-order valence-electron chi connectivity index (χ4n) is 2.20. The molecule has 0 heterocycles. The van der Waals surface area contributed by atoms with Gasteiger partial charge in [-0.25, -0.2) is 0 Å². The maximum atomic E-state index is 3.56. The zero-order valence-corrected chi connectivity index (χ0v) is 11.2. The lowest BCUT2D eigenvalue weighted by Gasteiger charge is -2.18. The molecule has 0 radical (unpaired) electrons. The molecule has 0 aliphatic carbocycles. The van der Waals surface area contributed by atoms with E-state index >= 15 is 0 Å². The van der Waals surface area contributed by atoms with E-state index < -0.39 is 0 Å². The van der Waals surface area contributed by atoms with Crippen LogP contribution in [0.3, 0.4) is 0 Å². The molecule has 1 N–H and O–H groups in total. The normalized spacial score (nSPS) is 12.3. The van der Waals surface area contributed by atoms with Gasteiger partial charge in [-0.05, 0) is 31.0 Å². The summed E-state index contributed by atoms with van der Waals surface area (Å²) in [4.78, 5) is 0. The summed E-state index contributed by atoms with van der Waals surface area (Å²) in [6, 6.07) is 19.9. The number of hydrogen-bond donors (Lipinski definition) is 1. The zero-order chi connectivity index (χ0) is 12.8. The van der Waals surface area contributed by atoms with Crippen LogP contribution >= 0.6 is 0 Å². The minimum Gasteiger partial charge on any atom is -0.310 e. The summed E-state index contributed by atoms with van der Waals surface area (Å²) in [6.07, 6.45) is 1.04. The van der Waals surface area contributed by atoms with Crippen LogP contribution < -0.4 is 5.32 Å². The Labute approximate surface area is 110 Å². The summed E-state index contributed by atoms with van der Waals surface area (Å²) in [5.41, 5.74) is 4.06. The predicted molar refractivity (Wildman–Crippen MR) is 77.7 cm³/mol. The van der Waals surface area contributed by atoms with Crippen LogP contribution in [0.15, 0.2) is 54.6 Å². The molecule has 2 aromatic carbocycles. The molecular formula is C17H21N. The smallest absolute Gasteiger partial charge is 0.0360 e. The van der Waals surface area contributed by atoms with Gasteiger partial charge in [0.1, 0.15) is 0 Å². The Morgan fingerprint density at radius 2 is 1.61 bits per heavy atom. The van der Waals surface area contributed by atoms with Gasteiger partial charge in [0.15, 0.2) is 0 Å². The lowest BCUT2D eigenvalue weighted by molar-refractivity contribution is 0.550. The number of nitrogens with one attached hydrogen (secondary N) is 1. The van der Waals surface area contributed by atoms with Crippen molar-refractivity contribution in [1.82, 2.24) is 5.32 Å². The molecule has 0 bridgehead atoms. The Morgan fingerprint density at radius 3 is 2.22 bits per heavy atom. The van der Waals surface area contributed by atoms with E-state index in [1.54, 1.807) is 0 Å². The Balaban J connectivity index is 2.14. The average Bonchev–Trinajstić information content (AvgIpc) is 2.42. The summed E-state index contributed by atoms with van der Waals surface area (Å²) in [5, 5.41) is 3.56. The van der Waals surface area contributed by atoms with E-state index in [1.165, 1.54) is 16.7 Å². The fraction of sp³-hybridized carbons (Fsp3) is 0.294. The van der Waals surface area contributed by atoms with Crippen molar-refractivity contribution in [1.29, 1.82) is 0 Å². The van der Waals surface area contributed by atoms with Crippen LogP contribution in [0, 0.1) is 6.92 Å². The highest BCUT2D eigenvalue weighted by atomic mass is 14.9. The van der Waals surface area contributed by atoms with Gasteiger partial charge in [0, 0.05) is 6.04 Å². The lowest BCUT2D eigenvalue weighted by Crippen LogP contribution is -2.22. The molecule has 0 saturated carbocycles. The van der Waals surface area contributed by atoms with Crippen molar-refractivity contribution in [3.63, 3.8) is 0 Å². The quantitative estimate of drug-likeness (QED) is 0.834. The van der Waals surface area contributed by atoms with Crippen molar-refractivity contribution in [2.24, 2.45) is 0 Å². The first-order chi connectivity index (χ1) is 8.79. The van der Waals surface area contributed by atoms with Crippen molar-refractivity contribution in [3.05, 3.63) is 71.3 Å². The first-order valence-electron chi connectivity index (χ1n) is 6.63. The van der Waals surface area contributed by atoms with Gasteiger partial charge in [0.25, 0.3) is 0 Å². The number of benzene rings is 2. The fourth-order valence-corrected chi connectivity index (χ4v) is 2.20. The summed E-state index contributed by atoms with van der Waals surface area (Å²) in [5.74, 6) is 0. The van der Waals surface area contributed by atoms with Gasteiger partial charge in [-0.2, -0.15) is 0 Å². The van der Waals surface area contributed by atoms with Gasteiger partial charge in [-0.3, -0.25) is 0 Å². The number of hydrogen-bond acceptors (Lipinski definition) is 1. The van der Waals surface area contributed by atoms with E-state index in [-0.39, 0.29) is 0 Å². The van der Waals surface area contributed by atoms with E-state index in [1.807, 2.05) is 0 Å². The van der Waals surface area contributed by atoms with Crippen LogP contribution in [0.1, 0.15) is 29.7 Å². The molecule has 1 nitrogen and oxygen atoms in total. The maximum Gasteiger partial charge on any atom is 0.0360 e. The van der Waals surface area contributed by atoms with Gasteiger partial charge in [0.05, 0.1) is 0 Å². The number of aryl methyl sites for hydroxylation is 1. The molecule has 1 unspecified atom stereocenters. The lowest BCUT2D eigenvalue weighted by atomic mass is 9.98. The van der Waals surface area contributed by atoms with E-state index in [0.717, 1.165) is 13.0 Å². The second-order valence-corrected chi connectivity index (χ2v) is 4.71. The largest absolute Gasteiger partial charge is 0.310 e. The first kappa shape index (κ1) is 12.8. The standard InChI is InChI=1S/C17H21N/c1-3-18-17(16-7-5-4-6-8-16)13-15-11-9-14(2)10-12-15/h4-12,17-18H,3,13H2,1-2H3. The van der Waals surface area contributed by atoms with E-state index in [9.17, 15) is 0 Å². The third-order valence-corrected chi connectivity index (χ3v) is 3.21. The molecule has 0 fully saturated rings. The zero-order valence-electron chi connectivity index (χ0n) is 11.2. The predicted octanol–water partition coefficient (Wildman–Crippen LogP) is 3.89. The molecule has 18 heavy (non-hydrogen) atoms. The summed E-state index contributed by atoms with van der Waals surface area (Å²) in [6.45, 7) is 5.28. The van der Waals surface area contributed by atoms with E-state index in [2.05, 4.69) is 73.8 Å². The molecule has 2 rings (SSSR count). The summed E-state index contributed by atoms with van der Waals surface area (Å²) < 4.78 is 0. The highest BCUT2D eigenvalue weighted by Gasteiger charge is 2.10. The Bertz CT molecular complexity index is 459. The van der Waals surface area contributed by atoms with Crippen molar-refractivity contribution in [3.8, 4) is 0 Å². The Morgan fingerprint density at radius 1 is 0.944 bits per heavy atom. The second kappa shape index (κ2) is 6.36. The molecule has 0 aliphatic heterocycles. The minimum absolute atomic E-state index is 0.402. The molecule has 1 heteroatoms. The molecule has 0 saturated heterocycles. The van der Waals surface area contributed by atoms with Crippen LogP contribution in [-0.4, -0.2) is 6.54 Å². The van der Waals surface area contributed by atoms with Crippen molar-refractivity contribution in [2.75, 3.05) is 6.54 Å². The molecule has 0 spiro atoms. The summed E-state index contributed by atoms with van der Waals surface area (Å²) in [7, 11) is 0. The van der Waals surface area contributed by atoms with Gasteiger partial charge >= 0.3 is 0 Å². The van der Waals surface area contributed by atoms with Gasteiger partial charge in [-0.1, -0.05) is 67.1 Å². The minimum atomic E-state index is 0.402. The van der Waals surface area contributed by atoms with Crippen molar-refractivity contribution < 1.29 is 0 Å². The highest BCUT2D eigenvalue weighted by molar-refractivity contribution is 5.26. The molecular weight excluding hydrogens is 218 g/mol. The van der Waals surface area contributed by atoms with Gasteiger partial charge < -0.3 is 5.32 Å². The molecule has 1 atom stereocenters. The number of rotatable bonds is 5. The third kappa shape index (κ3) is 3.44. The number of likely N-dealkylation sites (N-methyl/N-ethyl adjacent to an activating group) is 1. The van der Waals surface area contributed by atoms with Crippen LogP contribution in [0.5, 0.6) is 0 Å². The average molecular weight is 239 g/mol. The summed E-state index contributed by atoms with van der Waals surface area (Å²) >= 11 is 0. The first-order valence-corrected chi connectivity index (χ1v) is 6.63. The Hall–Kier alpha value is -1.60. The highest BCUT2D eigenvalue weighted by Crippen LogP contribution is 2.18. The molecule has 0 amide bonds. The van der Waals surface area contributed by atoms with Gasteiger partial charge in [-0.15, -0.1) is 0 Å². The van der Waals surface area contributed by atoms with Crippen LogP contribution in [0.2, 0.25) is 0 Å². The van der Waals surface area contributed by atoms with Crippen molar-refractivity contribution >= 4 is 0 Å². The second-order valence-electron chi connectivity index (χ2n) is 4.71. The van der Waals surface area contributed by atoms with E-state index in [4.69, 9.17) is 0 Å². The maximum absolute atomic E-state index is 3.56. The monoisotopic (exact) mass is 239 g/mol. The molecule has 0 aliphatic rings. The SMILES string of the molecule is CCNC(Cc1ccc(C)cc1)c1ccccc1. The molecule has 0 aromatic heterocycles. The van der Waals surface area contributed by atoms with Crippen LogP contribution in [0.25, 0.3) is 0 Å². The third-order valence-electron chi connectivity index (χ3n) is 3.21. The van der Waals surface area contributed by atoms with Crippen LogP contribution in [-0.2, 0) is 6.42 Å². The van der Waals surface area contributed by atoms with Crippen molar-refractivity contribution in [2.45, 2.75) is 26.3 Å². The van der Waals surface area contributed by atoms with Crippen LogP contribution in [0.4, 0.5) is 0 Å².